The lowest BCUT2D eigenvalue weighted by atomic mass is 10.1. The van der Waals surface area contributed by atoms with Crippen LogP contribution in [0.15, 0.2) is 16.5 Å². The van der Waals surface area contributed by atoms with Gasteiger partial charge in [0.25, 0.3) is 0 Å². The van der Waals surface area contributed by atoms with Crippen molar-refractivity contribution in [3.8, 4) is 0 Å². The monoisotopic (exact) mass is 193 g/mol. The summed E-state index contributed by atoms with van der Waals surface area (Å²) in [5.74, 6) is 2.23. The average molecular weight is 193 g/mol. The van der Waals surface area contributed by atoms with Gasteiger partial charge in [-0.1, -0.05) is 19.8 Å². The molecule has 0 aromatic carbocycles. The van der Waals surface area contributed by atoms with Crippen LogP contribution in [0, 0.1) is 0 Å². The van der Waals surface area contributed by atoms with E-state index in [1.54, 1.807) is 0 Å². The maximum atomic E-state index is 5.77. The number of rotatable bonds is 2. The van der Waals surface area contributed by atoms with Crippen LogP contribution in [0.1, 0.15) is 50.2 Å². The molecule has 1 atom stereocenters. The fourth-order valence-corrected chi connectivity index (χ4v) is 2.04. The molecular formula is C12H19NO. The largest absolute Gasteiger partial charge is 0.464 e. The van der Waals surface area contributed by atoms with E-state index in [1.165, 1.54) is 25.7 Å². The molecule has 1 aliphatic rings. The van der Waals surface area contributed by atoms with Crippen LogP contribution < -0.4 is 5.32 Å². The Kier molecular flexibility index (Phi) is 3.25. The van der Waals surface area contributed by atoms with Crippen LogP contribution >= 0.6 is 0 Å². The molecule has 0 radical (unpaired) electrons. The topological polar surface area (TPSA) is 25.2 Å². The fraction of sp³-hybridized carbons (Fsp3) is 0.667. The molecule has 1 fully saturated rings. The van der Waals surface area contributed by atoms with Crippen LogP contribution in [0.2, 0.25) is 0 Å². The number of furan rings is 1. The smallest absolute Gasteiger partial charge is 0.121 e. The Hall–Kier alpha value is -0.760. The summed E-state index contributed by atoms with van der Waals surface area (Å²) in [6.07, 6.45) is 6.19. The summed E-state index contributed by atoms with van der Waals surface area (Å²) in [6.45, 7) is 3.26. The number of hydrogen-bond acceptors (Lipinski definition) is 2. The van der Waals surface area contributed by atoms with Gasteiger partial charge in [0, 0.05) is 6.42 Å². The quantitative estimate of drug-likeness (QED) is 0.781. The van der Waals surface area contributed by atoms with E-state index in [9.17, 15) is 0 Å². The predicted octanol–water partition coefficient (Wildman–Crippen LogP) is 3.05. The third-order valence-corrected chi connectivity index (χ3v) is 2.93. The first-order chi connectivity index (χ1) is 6.90. The zero-order valence-electron chi connectivity index (χ0n) is 8.88. The maximum absolute atomic E-state index is 5.77. The highest BCUT2D eigenvalue weighted by atomic mass is 16.3. The highest BCUT2D eigenvalue weighted by Crippen LogP contribution is 2.24. The number of nitrogens with one attached hydrogen (secondary N) is 1. The van der Waals surface area contributed by atoms with Crippen LogP contribution in [0.4, 0.5) is 0 Å². The molecule has 0 aliphatic carbocycles. The predicted molar refractivity (Wildman–Crippen MR) is 57.3 cm³/mol. The molecule has 78 valence electrons. The van der Waals surface area contributed by atoms with Crippen molar-refractivity contribution in [3.05, 3.63) is 23.7 Å². The van der Waals surface area contributed by atoms with Crippen molar-refractivity contribution in [1.82, 2.24) is 5.32 Å². The molecule has 2 heteroatoms. The van der Waals surface area contributed by atoms with Gasteiger partial charge in [-0.3, -0.25) is 0 Å². The molecule has 1 N–H and O–H groups in total. The third-order valence-electron chi connectivity index (χ3n) is 2.93. The van der Waals surface area contributed by atoms with Crippen molar-refractivity contribution in [2.45, 2.75) is 45.1 Å². The first kappa shape index (κ1) is 9.78. The molecule has 1 aromatic rings. The molecule has 0 unspecified atom stereocenters. The molecule has 0 spiro atoms. The van der Waals surface area contributed by atoms with Gasteiger partial charge in [-0.25, -0.2) is 0 Å². The van der Waals surface area contributed by atoms with E-state index in [4.69, 9.17) is 4.42 Å². The molecule has 1 aliphatic heterocycles. The summed E-state index contributed by atoms with van der Waals surface area (Å²) in [5, 5.41) is 3.54. The van der Waals surface area contributed by atoms with Gasteiger partial charge in [0.05, 0.1) is 6.04 Å². The Morgan fingerprint density at radius 3 is 3.07 bits per heavy atom. The minimum Gasteiger partial charge on any atom is -0.464 e. The van der Waals surface area contributed by atoms with Gasteiger partial charge in [0.2, 0.25) is 0 Å². The van der Waals surface area contributed by atoms with Gasteiger partial charge >= 0.3 is 0 Å². The van der Waals surface area contributed by atoms with E-state index in [2.05, 4.69) is 24.4 Å². The summed E-state index contributed by atoms with van der Waals surface area (Å²) >= 11 is 0. The summed E-state index contributed by atoms with van der Waals surface area (Å²) in [6, 6.07) is 4.68. The van der Waals surface area contributed by atoms with E-state index in [1.807, 2.05) is 0 Å². The summed E-state index contributed by atoms with van der Waals surface area (Å²) in [5.41, 5.74) is 0. The van der Waals surface area contributed by atoms with E-state index in [-0.39, 0.29) is 0 Å². The molecular weight excluding hydrogens is 174 g/mol. The Balaban J connectivity index is 2.04. The van der Waals surface area contributed by atoms with Crippen LogP contribution in [0.5, 0.6) is 0 Å². The third kappa shape index (κ3) is 2.18. The standard InChI is InChI=1S/C12H19NO/c1-2-10-7-8-12(14-10)11-6-4-3-5-9-13-11/h7-8,11,13H,2-6,9H2,1H3/t11-/m1/s1. The van der Waals surface area contributed by atoms with E-state index in [0.717, 1.165) is 24.5 Å². The molecule has 0 saturated carbocycles. The number of hydrogen-bond donors (Lipinski definition) is 1. The van der Waals surface area contributed by atoms with Crippen LogP contribution in [0.25, 0.3) is 0 Å². The summed E-state index contributed by atoms with van der Waals surface area (Å²) in [7, 11) is 0. The molecule has 2 heterocycles. The SMILES string of the molecule is CCc1ccc([C@H]2CCCCCN2)o1. The lowest BCUT2D eigenvalue weighted by Crippen LogP contribution is -2.19. The molecule has 2 rings (SSSR count). The highest BCUT2D eigenvalue weighted by molar-refractivity contribution is 5.11. The Labute approximate surface area is 85.7 Å². The first-order valence-corrected chi connectivity index (χ1v) is 5.72. The molecule has 0 bridgehead atoms. The Bertz CT molecular complexity index is 272. The van der Waals surface area contributed by atoms with Crippen molar-refractivity contribution in [2.75, 3.05) is 6.54 Å². The summed E-state index contributed by atoms with van der Waals surface area (Å²) < 4.78 is 5.77. The van der Waals surface area contributed by atoms with E-state index < -0.39 is 0 Å². The highest BCUT2D eigenvalue weighted by Gasteiger charge is 2.16. The van der Waals surface area contributed by atoms with Gasteiger partial charge in [0.1, 0.15) is 11.5 Å². The van der Waals surface area contributed by atoms with Crippen molar-refractivity contribution in [1.29, 1.82) is 0 Å². The van der Waals surface area contributed by atoms with Crippen LogP contribution in [-0.2, 0) is 6.42 Å². The zero-order valence-corrected chi connectivity index (χ0v) is 8.88. The Morgan fingerprint density at radius 1 is 1.36 bits per heavy atom. The van der Waals surface area contributed by atoms with Crippen molar-refractivity contribution < 1.29 is 4.42 Å². The van der Waals surface area contributed by atoms with Gasteiger partial charge in [-0.2, -0.15) is 0 Å². The minimum absolute atomic E-state index is 0.456. The minimum atomic E-state index is 0.456. The Morgan fingerprint density at radius 2 is 2.29 bits per heavy atom. The second-order valence-corrected chi connectivity index (χ2v) is 4.01. The van der Waals surface area contributed by atoms with Crippen molar-refractivity contribution >= 4 is 0 Å². The van der Waals surface area contributed by atoms with Gasteiger partial charge in [0.15, 0.2) is 0 Å². The molecule has 1 saturated heterocycles. The van der Waals surface area contributed by atoms with Crippen molar-refractivity contribution in [2.24, 2.45) is 0 Å². The first-order valence-electron chi connectivity index (χ1n) is 5.72. The molecule has 2 nitrogen and oxygen atoms in total. The second-order valence-electron chi connectivity index (χ2n) is 4.01. The normalized spacial score (nSPS) is 23.4. The zero-order chi connectivity index (χ0) is 9.80. The fourth-order valence-electron chi connectivity index (χ4n) is 2.04. The van der Waals surface area contributed by atoms with E-state index in [0.29, 0.717) is 6.04 Å². The molecule has 0 amide bonds. The molecule has 14 heavy (non-hydrogen) atoms. The van der Waals surface area contributed by atoms with Gasteiger partial charge in [-0.05, 0) is 31.5 Å². The van der Waals surface area contributed by atoms with Gasteiger partial charge < -0.3 is 9.73 Å². The number of aryl methyl sites for hydroxylation is 1. The van der Waals surface area contributed by atoms with E-state index >= 15 is 0 Å². The lowest BCUT2D eigenvalue weighted by Gasteiger charge is -2.12. The van der Waals surface area contributed by atoms with Crippen LogP contribution in [-0.4, -0.2) is 6.54 Å². The maximum Gasteiger partial charge on any atom is 0.121 e. The van der Waals surface area contributed by atoms with Crippen molar-refractivity contribution in [3.63, 3.8) is 0 Å². The molecule has 1 aromatic heterocycles. The average Bonchev–Trinajstić information content (AvgIpc) is 2.53. The van der Waals surface area contributed by atoms with Gasteiger partial charge in [-0.15, -0.1) is 0 Å². The van der Waals surface area contributed by atoms with Crippen LogP contribution in [0.3, 0.4) is 0 Å². The lowest BCUT2D eigenvalue weighted by molar-refractivity contribution is 0.390. The second kappa shape index (κ2) is 4.65. The summed E-state index contributed by atoms with van der Waals surface area (Å²) in [4.78, 5) is 0.